The van der Waals surface area contributed by atoms with Crippen molar-refractivity contribution in [2.24, 2.45) is 0 Å². The van der Waals surface area contributed by atoms with Crippen molar-refractivity contribution in [1.82, 2.24) is 14.5 Å². The summed E-state index contributed by atoms with van der Waals surface area (Å²) >= 11 is 0. The van der Waals surface area contributed by atoms with Gasteiger partial charge >= 0.3 is 0 Å². The number of nitriles is 1. The standard InChI is InChI=1S/C12H11F2N5O3/c13-5-1-19(10-6(5)9(16)17-4-18-10)11-7(14)8(21)12(2-15,3-20)22-11/h1,4,7-8,11,20-21H,3H2,(H2,16,17,18)/t7-,8-,11+,12+/m0/s1. The molecule has 116 valence electrons. The summed E-state index contributed by atoms with van der Waals surface area (Å²) in [6.07, 6.45) is -3.55. The molecule has 0 spiro atoms. The number of halogens is 2. The lowest BCUT2D eigenvalue weighted by Gasteiger charge is -2.21. The number of ether oxygens (including phenoxy) is 1. The van der Waals surface area contributed by atoms with Crippen LogP contribution in [0.1, 0.15) is 6.23 Å². The maximum Gasteiger partial charge on any atom is 0.208 e. The molecule has 10 heteroatoms. The Morgan fingerprint density at radius 1 is 1.55 bits per heavy atom. The van der Waals surface area contributed by atoms with Gasteiger partial charge in [-0.05, 0) is 0 Å². The van der Waals surface area contributed by atoms with Crippen LogP contribution in [0.25, 0.3) is 11.0 Å². The maximum atomic E-state index is 14.3. The zero-order chi connectivity index (χ0) is 16.1. The Kier molecular flexibility index (Phi) is 3.21. The molecule has 0 amide bonds. The summed E-state index contributed by atoms with van der Waals surface area (Å²) < 4.78 is 34.4. The third-order valence-corrected chi connectivity index (χ3v) is 3.67. The van der Waals surface area contributed by atoms with Gasteiger partial charge in [0.15, 0.2) is 23.9 Å². The van der Waals surface area contributed by atoms with Crippen LogP contribution in [0.5, 0.6) is 0 Å². The summed E-state index contributed by atoms with van der Waals surface area (Å²) in [6, 6.07) is 1.55. The minimum absolute atomic E-state index is 0.0449. The number of aliphatic hydroxyl groups is 2. The highest BCUT2D eigenvalue weighted by Crippen LogP contribution is 2.40. The average Bonchev–Trinajstić information content (AvgIpc) is 2.98. The van der Waals surface area contributed by atoms with Gasteiger partial charge in [-0.3, -0.25) is 4.57 Å². The van der Waals surface area contributed by atoms with Gasteiger partial charge in [-0.25, -0.2) is 18.7 Å². The smallest absolute Gasteiger partial charge is 0.208 e. The Bertz CT molecular complexity index is 776. The number of nitrogens with zero attached hydrogens (tertiary/aromatic N) is 4. The predicted molar refractivity (Wildman–Crippen MR) is 68.4 cm³/mol. The van der Waals surface area contributed by atoms with Crippen LogP contribution in [0.4, 0.5) is 14.6 Å². The molecular weight excluding hydrogens is 300 g/mol. The third kappa shape index (κ3) is 1.77. The second-order valence-electron chi connectivity index (χ2n) is 4.90. The Balaban J connectivity index is 2.14. The molecule has 1 aliphatic heterocycles. The normalized spacial score (nSPS) is 31.5. The van der Waals surface area contributed by atoms with Crippen molar-refractivity contribution in [1.29, 1.82) is 5.26 Å². The van der Waals surface area contributed by atoms with Crippen LogP contribution >= 0.6 is 0 Å². The molecule has 0 unspecified atom stereocenters. The summed E-state index contributed by atoms with van der Waals surface area (Å²) in [5, 5.41) is 28.0. The molecule has 2 aromatic rings. The molecule has 2 aromatic heterocycles. The van der Waals surface area contributed by atoms with Crippen LogP contribution in [0.3, 0.4) is 0 Å². The molecular formula is C12H11F2N5O3. The molecule has 0 aliphatic carbocycles. The van der Waals surface area contributed by atoms with Gasteiger partial charge < -0.3 is 20.7 Å². The average molecular weight is 311 g/mol. The molecule has 0 aromatic carbocycles. The Labute approximate surface area is 122 Å². The minimum atomic E-state index is -2.13. The first-order chi connectivity index (χ1) is 10.4. The number of alkyl halides is 1. The van der Waals surface area contributed by atoms with Gasteiger partial charge in [0.1, 0.15) is 24.3 Å². The summed E-state index contributed by atoms with van der Waals surface area (Å²) in [7, 11) is 0. The fraction of sp³-hybridized carbons (Fsp3) is 0.417. The van der Waals surface area contributed by atoms with Gasteiger partial charge in [0.05, 0.1) is 12.0 Å². The molecule has 1 saturated heterocycles. The maximum absolute atomic E-state index is 14.3. The first-order valence-electron chi connectivity index (χ1n) is 6.23. The number of hydrogen-bond donors (Lipinski definition) is 3. The van der Waals surface area contributed by atoms with Crippen LogP contribution < -0.4 is 5.73 Å². The van der Waals surface area contributed by atoms with E-state index >= 15 is 0 Å². The zero-order valence-corrected chi connectivity index (χ0v) is 11.0. The SMILES string of the molecule is N#C[C@]1(CO)O[C@@H](n2cc(F)c3c(N)ncnc32)[C@@H](F)[C@@H]1O. The van der Waals surface area contributed by atoms with Gasteiger partial charge in [-0.2, -0.15) is 5.26 Å². The highest BCUT2D eigenvalue weighted by Gasteiger charge is 2.56. The minimum Gasteiger partial charge on any atom is -0.392 e. The lowest BCUT2D eigenvalue weighted by Crippen LogP contribution is -2.44. The topological polar surface area (TPSA) is 130 Å². The van der Waals surface area contributed by atoms with Crippen molar-refractivity contribution < 1.29 is 23.7 Å². The highest BCUT2D eigenvalue weighted by molar-refractivity contribution is 5.86. The van der Waals surface area contributed by atoms with Crippen molar-refractivity contribution >= 4 is 16.9 Å². The molecule has 3 heterocycles. The summed E-state index contributed by atoms with van der Waals surface area (Å²) in [4.78, 5) is 7.46. The largest absolute Gasteiger partial charge is 0.392 e. The van der Waals surface area contributed by atoms with E-state index in [-0.39, 0.29) is 16.9 Å². The Morgan fingerprint density at radius 3 is 2.86 bits per heavy atom. The van der Waals surface area contributed by atoms with E-state index in [1.54, 1.807) is 6.07 Å². The zero-order valence-electron chi connectivity index (χ0n) is 11.0. The molecule has 8 nitrogen and oxygen atoms in total. The predicted octanol–water partition coefficient (Wildman–Crippen LogP) is -0.365. The number of rotatable bonds is 2. The van der Waals surface area contributed by atoms with Gasteiger partial charge in [0.2, 0.25) is 5.60 Å². The fourth-order valence-corrected chi connectivity index (χ4v) is 2.49. The van der Waals surface area contributed by atoms with E-state index in [0.29, 0.717) is 0 Å². The van der Waals surface area contributed by atoms with Crippen LogP contribution in [0.15, 0.2) is 12.5 Å². The van der Waals surface area contributed by atoms with E-state index in [4.69, 9.17) is 15.7 Å². The van der Waals surface area contributed by atoms with Crippen molar-refractivity contribution in [3.63, 3.8) is 0 Å². The Morgan fingerprint density at radius 2 is 2.27 bits per heavy atom. The molecule has 1 aliphatic rings. The van der Waals surface area contributed by atoms with Gasteiger partial charge in [-0.1, -0.05) is 0 Å². The number of aliphatic hydroxyl groups excluding tert-OH is 2. The number of anilines is 1. The van der Waals surface area contributed by atoms with Crippen LogP contribution in [-0.2, 0) is 4.74 Å². The first-order valence-corrected chi connectivity index (χ1v) is 6.23. The second-order valence-corrected chi connectivity index (χ2v) is 4.90. The van der Waals surface area contributed by atoms with Crippen molar-refractivity contribution in [3.05, 3.63) is 18.3 Å². The fourth-order valence-electron chi connectivity index (χ4n) is 2.49. The van der Waals surface area contributed by atoms with Gasteiger partial charge in [-0.15, -0.1) is 0 Å². The highest BCUT2D eigenvalue weighted by atomic mass is 19.1. The number of fused-ring (bicyclic) bond motifs is 1. The lowest BCUT2D eigenvalue weighted by molar-refractivity contribution is -0.0912. The number of hydrogen-bond acceptors (Lipinski definition) is 7. The molecule has 4 atom stereocenters. The van der Waals surface area contributed by atoms with E-state index in [1.807, 2.05) is 0 Å². The summed E-state index contributed by atoms with van der Waals surface area (Å²) in [6.45, 7) is -0.916. The lowest BCUT2D eigenvalue weighted by atomic mass is 9.99. The second kappa shape index (κ2) is 4.84. The van der Waals surface area contributed by atoms with Crippen LogP contribution in [0, 0.1) is 17.1 Å². The molecule has 0 radical (unpaired) electrons. The molecule has 22 heavy (non-hydrogen) atoms. The van der Waals surface area contributed by atoms with Crippen LogP contribution in [-0.4, -0.2) is 49.2 Å². The quantitative estimate of drug-likeness (QED) is 0.690. The van der Waals surface area contributed by atoms with E-state index in [2.05, 4.69) is 9.97 Å². The van der Waals surface area contributed by atoms with Gasteiger partial charge in [0, 0.05) is 6.20 Å². The van der Waals surface area contributed by atoms with Crippen LogP contribution in [0.2, 0.25) is 0 Å². The third-order valence-electron chi connectivity index (χ3n) is 3.67. The monoisotopic (exact) mass is 311 g/mol. The van der Waals surface area contributed by atoms with E-state index < -0.39 is 36.5 Å². The molecule has 4 N–H and O–H groups in total. The van der Waals surface area contributed by atoms with E-state index in [0.717, 1.165) is 17.1 Å². The summed E-state index contributed by atoms with van der Waals surface area (Å²) in [5.41, 5.74) is 3.38. The van der Waals surface area contributed by atoms with Gasteiger partial charge in [0.25, 0.3) is 0 Å². The van der Waals surface area contributed by atoms with Crippen molar-refractivity contribution in [2.45, 2.75) is 24.1 Å². The van der Waals surface area contributed by atoms with Crippen molar-refractivity contribution in [2.75, 3.05) is 12.3 Å². The number of aromatic nitrogens is 3. The molecule has 0 bridgehead atoms. The molecule has 1 fully saturated rings. The summed E-state index contributed by atoms with van der Waals surface area (Å²) in [5.74, 6) is -0.930. The first kappa shape index (κ1) is 14.6. The molecule has 3 rings (SSSR count). The van der Waals surface area contributed by atoms with E-state index in [1.165, 1.54) is 0 Å². The Hall–Kier alpha value is -2.35. The van der Waals surface area contributed by atoms with Crippen molar-refractivity contribution in [3.8, 4) is 6.07 Å². The molecule has 0 saturated carbocycles. The number of nitrogens with two attached hydrogens (primary N) is 1. The number of nitrogen functional groups attached to an aromatic ring is 1. The van der Waals surface area contributed by atoms with E-state index in [9.17, 15) is 19.0 Å².